The highest BCUT2D eigenvalue weighted by Gasteiger charge is 2.32. The zero-order valence-electron chi connectivity index (χ0n) is 10.2. The lowest BCUT2D eigenvalue weighted by Gasteiger charge is -2.29. The van der Waals surface area contributed by atoms with Gasteiger partial charge in [-0.25, -0.2) is 0 Å². The third-order valence-corrected chi connectivity index (χ3v) is 3.89. The summed E-state index contributed by atoms with van der Waals surface area (Å²) in [6.07, 6.45) is 4.20. The topological polar surface area (TPSA) is 18.5 Å². The Morgan fingerprint density at radius 1 is 1.33 bits per heavy atom. The van der Waals surface area contributed by atoms with Crippen molar-refractivity contribution in [2.45, 2.75) is 25.3 Å². The quantitative estimate of drug-likeness (QED) is 0.738. The summed E-state index contributed by atoms with van der Waals surface area (Å²) in [5.41, 5.74) is 0. The molecule has 2 atom stereocenters. The van der Waals surface area contributed by atoms with Gasteiger partial charge >= 0.3 is 0 Å². The average Bonchev–Trinajstić information content (AvgIpc) is 2.57. The third-order valence-electron chi connectivity index (χ3n) is 3.89. The van der Waals surface area contributed by atoms with Gasteiger partial charge in [0, 0.05) is 19.1 Å². The lowest BCUT2D eigenvalue weighted by atomic mass is 9.94. The van der Waals surface area contributed by atoms with E-state index in [0.29, 0.717) is 0 Å². The molecule has 0 aromatic carbocycles. The highest BCUT2D eigenvalue weighted by Crippen LogP contribution is 2.26. The summed E-state index contributed by atoms with van der Waals surface area (Å²) < 4.78 is 0. The van der Waals surface area contributed by atoms with Crippen molar-refractivity contribution < 1.29 is 0 Å². The van der Waals surface area contributed by atoms with Crippen molar-refractivity contribution in [3.63, 3.8) is 0 Å². The van der Waals surface area contributed by atoms with Gasteiger partial charge in [-0.05, 0) is 58.9 Å². The number of nitrogens with zero attached hydrogens (tertiary/aromatic N) is 2. The van der Waals surface area contributed by atoms with E-state index in [1.54, 1.807) is 0 Å². The Kier molecular flexibility index (Phi) is 4.00. The first-order chi connectivity index (χ1) is 7.27. The van der Waals surface area contributed by atoms with E-state index in [1.807, 2.05) is 0 Å². The SMILES string of the molecule is CN(C)CCC1CNCCN2CCCC12. The van der Waals surface area contributed by atoms with Crippen molar-refractivity contribution in [2.75, 3.05) is 46.8 Å². The normalized spacial score (nSPS) is 33.0. The van der Waals surface area contributed by atoms with Crippen LogP contribution in [0.4, 0.5) is 0 Å². The van der Waals surface area contributed by atoms with Gasteiger partial charge in [0.15, 0.2) is 0 Å². The standard InChI is InChI=1S/C12H25N3/c1-14(2)8-5-11-10-13-6-9-15-7-3-4-12(11)15/h11-13H,3-10H2,1-2H3. The van der Waals surface area contributed by atoms with Crippen LogP contribution in [0.25, 0.3) is 0 Å². The predicted octanol–water partition coefficient (Wildman–Crippen LogP) is 0.622. The van der Waals surface area contributed by atoms with Crippen LogP contribution >= 0.6 is 0 Å². The second-order valence-corrected chi connectivity index (χ2v) is 5.30. The zero-order chi connectivity index (χ0) is 10.7. The minimum absolute atomic E-state index is 0.873. The van der Waals surface area contributed by atoms with Gasteiger partial charge in [0.2, 0.25) is 0 Å². The molecule has 2 aliphatic rings. The van der Waals surface area contributed by atoms with E-state index in [-0.39, 0.29) is 0 Å². The fraction of sp³-hybridized carbons (Fsp3) is 1.00. The summed E-state index contributed by atoms with van der Waals surface area (Å²) >= 11 is 0. The molecule has 2 unspecified atom stereocenters. The Labute approximate surface area is 93.8 Å². The number of nitrogens with one attached hydrogen (secondary N) is 1. The first kappa shape index (κ1) is 11.4. The van der Waals surface area contributed by atoms with Crippen LogP contribution in [0, 0.1) is 5.92 Å². The minimum atomic E-state index is 0.873. The van der Waals surface area contributed by atoms with Crippen molar-refractivity contribution in [3.05, 3.63) is 0 Å². The van der Waals surface area contributed by atoms with Gasteiger partial charge in [0.05, 0.1) is 0 Å². The second kappa shape index (κ2) is 5.28. The molecule has 0 aromatic heterocycles. The molecule has 0 amide bonds. The van der Waals surface area contributed by atoms with Gasteiger partial charge in [-0.3, -0.25) is 4.90 Å². The summed E-state index contributed by atoms with van der Waals surface area (Å²) in [5, 5.41) is 3.59. The maximum absolute atomic E-state index is 3.59. The largest absolute Gasteiger partial charge is 0.315 e. The second-order valence-electron chi connectivity index (χ2n) is 5.30. The zero-order valence-corrected chi connectivity index (χ0v) is 10.2. The van der Waals surface area contributed by atoms with Crippen molar-refractivity contribution in [1.82, 2.24) is 15.1 Å². The molecule has 15 heavy (non-hydrogen) atoms. The molecule has 2 saturated heterocycles. The molecule has 0 bridgehead atoms. The van der Waals surface area contributed by atoms with Gasteiger partial charge in [0.25, 0.3) is 0 Å². The monoisotopic (exact) mass is 211 g/mol. The molecule has 0 aliphatic carbocycles. The van der Waals surface area contributed by atoms with E-state index in [0.717, 1.165) is 12.0 Å². The van der Waals surface area contributed by atoms with Gasteiger partial charge in [-0.15, -0.1) is 0 Å². The van der Waals surface area contributed by atoms with Crippen LogP contribution in [0.3, 0.4) is 0 Å². The van der Waals surface area contributed by atoms with E-state index < -0.39 is 0 Å². The number of hydrogen-bond acceptors (Lipinski definition) is 3. The van der Waals surface area contributed by atoms with Gasteiger partial charge < -0.3 is 10.2 Å². The summed E-state index contributed by atoms with van der Waals surface area (Å²) in [6, 6.07) is 0.875. The van der Waals surface area contributed by atoms with Crippen molar-refractivity contribution in [1.29, 1.82) is 0 Å². The maximum Gasteiger partial charge on any atom is 0.0137 e. The summed E-state index contributed by atoms with van der Waals surface area (Å²) in [4.78, 5) is 5.02. The number of rotatable bonds is 3. The van der Waals surface area contributed by atoms with Crippen molar-refractivity contribution in [3.8, 4) is 0 Å². The predicted molar refractivity (Wildman–Crippen MR) is 64.1 cm³/mol. The summed E-state index contributed by atoms with van der Waals surface area (Å²) in [7, 11) is 4.35. The Balaban J connectivity index is 1.89. The molecular formula is C12H25N3. The number of fused-ring (bicyclic) bond motifs is 1. The first-order valence-corrected chi connectivity index (χ1v) is 6.37. The van der Waals surface area contributed by atoms with Crippen LogP contribution in [-0.4, -0.2) is 62.7 Å². The summed E-state index contributed by atoms with van der Waals surface area (Å²) in [5.74, 6) is 0.873. The molecule has 2 fully saturated rings. The molecule has 0 spiro atoms. The first-order valence-electron chi connectivity index (χ1n) is 6.37. The number of hydrogen-bond donors (Lipinski definition) is 1. The van der Waals surface area contributed by atoms with Crippen LogP contribution in [0.5, 0.6) is 0 Å². The molecule has 0 radical (unpaired) electrons. The van der Waals surface area contributed by atoms with Crippen LogP contribution in [0.2, 0.25) is 0 Å². The Bertz CT molecular complexity index is 193. The molecule has 2 aliphatic heterocycles. The van der Waals surface area contributed by atoms with Crippen LogP contribution in [0.15, 0.2) is 0 Å². The maximum atomic E-state index is 3.59. The van der Waals surface area contributed by atoms with Gasteiger partial charge in [-0.1, -0.05) is 0 Å². The van der Waals surface area contributed by atoms with E-state index in [1.165, 1.54) is 52.0 Å². The molecule has 3 nitrogen and oxygen atoms in total. The molecule has 0 aromatic rings. The van der Waals surface area contributed by atoms with E-state index in [2.05, 4.69) is 29.2 Å². The highest BCUT2D eigenvalue weighted by atomic mass is 15.2. The fourth-order valence-corrected chi connectivity index (χ4v) is 3.03. The lowest BCUT2D eigenvalue weighted by molar-refractivity contribution is 0.198. The van der Waals surface area contributed by atoms with Crippen molar-refractivity contribution >= 4 is 0 Å². The molecule has 3 heteroatoms. The Morgan fingerprint density at radius 3 is 3.00 bits per heavy atom. The van der Waals surface area contributed by atoms with Crippen molar-refractivity contribution in [2.24, 2.45) is 5.92 Å². The molecule has 2 rings (SSSR count). The molecule has 88 valence electrons. The van der Waals surface area contributed by atoms with Gasteiger partial charge in [-0.2, -0.15) is 0 Å². The molecule has 0 saturated carbocycles. The van der Waals surface area contributed by atoms with Gasteiger partial charge in [0.1, 0.15) is 0 Å². The summed E-state index contributed by atoms with van der Waals surface area (Å²) in [6.45, 7) is 6.26. The Morgan fingerprint density at radius 2 is 2.20 bits per heavy atom. The van der Waals surface area contributed by atoms with Crippen LogP contribution in [-0.2, 0) is 0 Å². The lowest BCUT2D eigenvalue weighted by Crippen LogP contribution is -2.37. The molecule has 1 N–H and O–H groups in total. The third kappa shape index (κ3) is 2.92. The van der Waals surface area contributed by atoms with E-state index in [9.17, 15) is 0 Å². The average molecular weight is 211 g/mol. The highest BCUT2D eigenvalue weighted by molar-refractivity contribution is 4.89. The molecule has 2 heterocycles. The Hall–Kier alpha value is -0.120. The van der Waals surface area contributed by atoms with E-state index >= 15 is 0 Å². The molecular weight excluding hydrogens is 186 g/mol. The van der Waals surface area contributed by atoms with Crippen LogP contribution in [0.1, 0.15) is 19.3 Å². The van der Waals surface area contributed by atoms with Crippen LogP contribution < -0.4 is 5.32 Å². The smallest absolute Gasteiger partial charge is 0.0137 e. The van der Waals surface area contributed by atoms with E-state index in [4.69, 9.17) is 0 Å². The fourth-order valence-electron chi connectivity index (χ4n) is 3.03. The minimum Gasteiger partial charge on any atom is -0.315 e.